The van der Waals surface area contributed by atoms with Crippen LogP contribution in [0.25, 0.3) is 0 Å². The number of benzene rings is 2. The fraction of sp³-hybridized carbons (Fsp3) is 0.391. The van der Waals surface area contributed by atoms with Crippen LogP contribution in [0, 0.1) is 5.82 Å². The number of aryl methyl sites for hydroxylation is 1. The first-order valence-corrected chi connectivity index (χ1v) is 12.1. The Morgan fingerprint density at radius 2 is 1.79 bits per heavy atom. The quantitative estimate of drug-likeness (QED) is 0.392. The van der Waals surface area contributed by atoms with Crippen LogP contribution in [0.1, 0.15) is 42.9 Å². The summed E-state index contributed by atoms with van der Waals surface area (Å²) in [5.41, 5.74) is 3.17. The van der Waals surface area contributed by atoms with Gasteiger partial charge in [-0.15, -0.1) is 0 Å². The van der Waals surface area contributed by atoms with Gasteiger partial charge >= 0.3 is 6.18 Å². The molecule has 10 heteroatoms. The molecule has 1 aliphatic rings. The Bertz CT molecular complexity index is 1080. The number of sulfonamides is 1. The molecule has 5 nitrogen and oxygen atoms in total. The number of nitrogens with one attached hydrogen (secondary N) is 1. The fourth-order valence-electron chi connectivity index (χ4n) is 3.41. The molecule has 3 rings (SSSR count). The maximum absolute atomic E-state index is 13.4. The summed E-state index contributed by atoms with van der Waals surface area (Å²) in [6.07, 6.45) is 0.246. The molecule has 0 radical (unpaired) electrons. The molecule has 1 aliphatic heterocycles. The van der Waals surface area contributed by atoms with Crippen LogP contribution in [0.3, 0.4) is 0 Å². The minimum atomic E-state index is -4.79. The van der Waals surface area contributed by atoms with Crippen LogP contribution in [0.4, 0.5) is 17.6 Å². The van der Waals surface area contributed by atoms with Gasteiger partial charge in [0.25, 0.3) is 0 Å². The molecule has 0 spiro atoms. The molecule has 0 aromatic heterocycles. The van der Waals surface area contributed by atoms with Crippen molar-refractivity contribution in [3.05, 3.63) is 76.7 Å². The van der Waals surface area contributed by atoms with E-state index in [4.69, 9.17) is 4.84 Å². The van der Waals surface area contributed by atoms with E-state index in [0.29, 0.717) is 18.2 Å². The summed E-state index contributed by atoms with van der Waals surface area (Å²) in [5.74, 6) is -1.34. The van der Waals surface area contributed by atoms with Crippen LogP contribution in [0.2, 0.25) is 0 Å². The second kappa shape index (κ2) is 10.7. The molecule has 0 unspecified atom stereocenters. The zero-order chi connectivity index (χ0) is 24.1. The largest absolute Gasteiger partial charge is 0.419 e. The average Bonchev–Trinajstić information content (AvgIpc) is 2.78. The number of hydrogen-bond acceptors (Lipinski definition) is 4. The molecule has 1 N–H and O–H groups in total. The molecular formula is C23H26F4N2O3S. The third-order valence-electron chi connectivity index (χ3n) is 5.33. The molecule has 0 aliphatic carbocycles. The summed E-state index contributed by atoms with van der Waals surface area (Å²) in [7, 11) is -3.63. The molecule has 0 bridgehead atoms. The molecule has 2 aromatic carbocycles. The molecule has 0 saturated heterocycles. The molecule has 1 heterocycles. The van der Waals surface area contributed by atoms with Crippen molar-refractivity contribution < 1.29 is 30.8 Å². The summed E-state index contributed by atoms with van der Waals surface area (Å²) >= 11 is 0. The van der Waals surface area contributed by atoms with Gasteiger partial charge in [-0.1, -0.05) is 31.5 Å². The summed E-state index contributed by atoms with van der Waals surface area (Å²) < 4.78 is 78.9. The lowest BCUT2D eigenvalue weighted by atomic mass is 10.1. The second-order valence-corrected chi connectivity index (χ2v) is 9.73. The van der Waals surface area contributed by atoms with Crippen molar-refractivity contribution in [3.63, 3.8) is 0 Å². The fourth-order valence-corrected chi connectivity index (χ4v) is 4.79. The first-order chi connectivity index (χ1) is 15.6. The summed E-state index contributed by atoms with van der Waals surface area (Å²) in [6, 6.07) is 9.58. The zero-order valence-electron chi connectivity index (χ0n) is 18.2. The molecule has 180 valence electrons. The maximum Gasteiger partial charge on any atom is 0.419 e. The van der Waals surface area contributed by atoms with Crippen LogP contribution in [0.15, 0.2) is 59.1 Å². The van der Waals surface area contributed by atoms with E-state index in [1.165, 1.54) is 10.4 Å². The molecule has 0 saturated carbocycles. The first kappa shape index (κ1) is 25.2. The van der Waals surface area contributed by atoms with E-state index in [0.717, 1.165) is 30.9 Å². The van der Waals surface area contributed by atoms with E-state index in [-0.39, 0.29) is 30.2 Å². The SMILES string of the molecule is CCCCc1ccc(S(=O)(=O)N2CC=C(NOCc3ccc(F)c(C(F)(F)F)c3)CC2)cc1. The Hall–Kier alpha value is -2.43. The van der Waals surface area contributed by atoms with Gasteiger partial charge in [0.2, 0.25) is 10.0 Å². The predicted molar refractivity (Wildman–Crippen MR) is 116 cm³/mol. The van der Waals surface area contributed by atoms with Crippen molar-refractivity contribution in [1.29, 1.82) is 0 Å². The number of unbranched alkanes of at least 4 members (excludes halogenated alkanes) is 1. The summed E-state index contributed by atoms with van der Waals surface area (Å²) in [5, 5.41) is 0. The molecule has 0 atom stereocenters. The van der Waals surface area contributed by atoms with Gasteiger partial charge in [0.05, 0.1) is 17.1 Å². The monoisotopic (exact) mass is 486 g/mol. The summed E-state index contributed by atoms with van der Waals surface area (Å²) in [4.78, 5) is 5.48. The average molecular weight is 487 g/mol. The molecular weight excluding hydrogens is 460 g/mol. The third kappa shape index (κ3) is 6.55. The molecule has 2 aromatic rings. The van der Waals surface area contributed by atoms with Gasteiger partial charge in [0.1, 0.15) is 5.82 Å². The van der Waals surface area contributed by atoms with Crippen LogP contribution in [-0.4, -0.2) is 25.8 Å². The number of alkyl halides is 3. The maximum atomic E-state index is 13.4. The smallest absolute Gasteiger partial charge is 0.272 e. The van der Waals surface area contributed by atoms with Gasteiger partial charge in [-0.2, -0.15) is 17.5 Å². The van der Waals surface area contributed by atoms with E-state index in [9.17, 15) is 26.0 Å². The Morgan fingerprint density at radius 1 is 1.09 bits per heavy atom. The van der Waals surface area contributed by atoms with Gasteiger partial charge in [0.15, 0.2) is 0 Å². The third-order valence-corrected chi connectivity index (χ3v) is 7.21. The Kier molecular flexibility index (Phi) is 8.14. The van der Waals surface area contributed by atoms with Crippen molar-refractivity contribution in [2.45, 2.75) is 50.3 Å². The lowest BCUT2D eigenvalue weighted by Crippen LogP contribution is -2.36. The standard InChI is InChI=1S/C23H26F4N2O3S/c1-2-3-4-17-5-8-20(9-6-17)33(30,31)29-13-11-19(12-14-29)28-32-16-18-7-10-22(24)21(15-18)23(25,26)27/h5-11,15,28H,2-4,12-14,16H2,1H3. The lowest BCUT2D eigenvalue weighted by Gasteiger charge is -2.26. The van der Waals surface area contributed by atoms with Crippen LogP contribution < -0.4 is 5.48 Å². The number of nitrogens with zero attached hydrogens (tertiary/aromatic N) is 1. The highest BCUT2D eigenvalue weighted by molar-refractivity contribution is 7.89. The Balaban J connectivity index is 1.54. The highest BCUT2D eigenvalue weighted by Gasteiger charge is 2.34. The van der Waals surface area contributed by atoms with Crippen LogP contribution >= 0.6 is 0 Å². The van der Waals surface area contributed by atoms with Gasteiger partial charge in [-0.05, 0) is 54.3 Å². The number of halogens is 4. The highest BCUT2D eigenvalue weighted by Crippen LogP contribution is 2.32. The van der Waals surface area contributed by atoms with Gasteiger partial charge in [0, 0.05) is 25.2 Å². The van der Waals surface area contributed by atoms with E-state index >= 15 is 0 Å². The second-order valence-electron chi connectivity index (χ2n) is 7.79. The Labute approximate surface area is 191 Å². The summed E-state index contributed by atoms with van der Waals surface area (Å²) in [6.45, 7) is 2.26. The first-order valence-electron chi connectivity index (χ1n) is 10.6. The van der Waals surface area contributed by atoms with Gasteiger partial charge in [-0.25, -0.2) is 12.8 Å². The molecule has 0 fully saturated rings. The normalized spacial score (nSPS) is 15.4. The van der Waals surface area contributed by atoms with Crippen molar-refractivity contribution >= 4 is 10.0 Å². The van der Waals surface area contributed by atoms with Crippen molar-refractivity contribution in [2.24, 2.45) is 0 Å². The molecule has 33 heavy (non-hydrogen) atoms. The van der Waals surface area contributed by atoms with E-state index in [1.54, 1.807) is 18.2 Å². The zero-order valence-corrected chi connectivity index (χ0v) is 19.0. The number of rotatable bonds is 9. The number of hydroxylamine groups is 1. The van der Waals surface area contributed by atoms with Crippen LogP contribution in [-0.2, 0) is 34.1 Å². The minimum absolute atomic E-state index is 0.139. The van der Waals surface area contributed by atoms with Gasteiger partial charge in [-0.3, -0.25) is 10.3 Å². The molecule has 0 amide bonds. The van der Waals surface area contributed by atoms with Crippen molar-refractivity contribution in [3.8, 4) is 0 Å². The predicted octanol–water partition coefficient (Wildman–Crippen LogP) is 5.19. The van der Waals surface area contributed by atoms with Gasteiger partial charge < -0.3 is 0 Å². The minimum Gasteiger partial charge on any atom is -0.272 e. The highest BCUT2D eigenvalue weighted by atomic mass is 32.2. The van der Waals surface area contributed by atoms with E-state index < -0.39 is 27.6 Å². The van der Waals surface area contributed by atoms with Crippen molar-refractivity contribution in [2.75, 3.05) is 13.1 Å². The Morgan fingerprint density at radius 3 is 2.39 bits per heavy atom. The lowest BCUT2D eigenvalue weighted by molar-refractivity contribution is -0.140. The van der Waals surface area contributed by atoms with E-state index in [2.05, 4.69) is 12.4 Å². The van der Waals surface area contributed by atoms with Crippen molar-refractivity contribution in [1.82, 2.24) is 9.79 Å². The van der Waals surface area contributed by atoms with Crippen LogP contribution in [0.5, 0.6) is 0 Å². The number of hydrogen-bond donors (Lipinski definition) is 1. The van der Waals surface area contributed by atoms with E-state index in [1.807, 2.05) is 12.1 Å². The topological polar surface area (TPSA) is 58.6 Å².